The van der Waals surface area contributed by atoms with Crippen molar-refractivity contribution < 1.29 is 18.9 Å². The SMILES string of the molecule is CCOc1ccc([C@H]2C3=C(Nc4ncnn42)c2ccccc2O[C@@H]3c2ccccc2OCC)cc1OC. The van der Waals surface area contributed by atoms with Gasteiger partial charge in [0.05, 0.1) is 26.0 Å². The summed E-state index contributed by atoms with van der Waals surface area (Å²) < 4.78 is 26.2. The summed E-state index contributed by atoms with van der Waals surface area (Å²) in [5.74, 6) is 3.59. The predicted octanol–water partition coefficient (Wildman–Crippen LogP) is 5.64. The molecular weight excluding hydrogens is 468 g/mol. The normalized spacial score (nSPS) is 17.6. The Morgan fingerprint density at radius 3 is 2.54 bits per heavy atom. The zero-order valence-corrected chi connectivity index (χ0v) is 21.0. The molecule has 0 bridgehead atoms. The lowest BCUT2D eigenvalue weighted by atomic mass is 9.84. The Morgan fingerprint density at radius 1 is 0.919 bits per heavy atom. The van der Waals surface area contributed by atoms with Gasteiger partial charge in [-0.1, -0.05) is 36.4 Å². The van der Waals surface area contributed by atoms with Gasteiger partial charge in [-0.3, -0.25) is 0 Å². The van der Waals surface area contributed by atoms with E-state index in [4.69, 9.17) is 18.9 Å². The van der Waals surface area contributed by atoms with Crippen LogP contribution in [0.5, 0.6) is 23.0 Å². The molecule has 6 rings (SSSR count). The highest BCUT2D eigenvalue weighted by Crippen LogP contribution is 2.52. The van der Waals surface area contributed by atoms with E-state index in [2.05, 4.69) is 27.5 Å². The van der Waals surface area contributed by atoms with Gasteiger partial charge in [0.15, 0.2) is 17.6 Å². The second-order valence-electron chi connectivity index (χ2n) is 8.69. The smallest absolute Gasteiger partial charge is 0.226 e. The standard InChI is InChI=1S/C29H28N4O4/c1-4-35-21-12-8-7-11-20(21)28-25-26(19-10-6-9-13-22(19)37-28)32-29-30-17-31-33(29)27(25)18-14-15-23(36-5-2)24(16-18)34-3/h6-17,27-28H,4-5H2,1-3H3,(H,30,31,32)/t27-,28+/m0/s1. The molecule has 2 aliphatic heterocycles. The molecule has 0 spiro atoms. The van der Waals surface area contributed by atoms with E-state index in [1.54, 1.807) is 13.4 Å². The van der Waals surface area contributed by atoms with Crippen LogP contribution in [0.2, 0.25) is 0 Å². The topological polar surface area (TPSA) is 79.7 Å². The third kappa shape index (κ3) is 3.85. The third-order valence-corrected chi connectivity index (χ3v) is 6.63. The molecule has 0 aliphatic carbocycles. The lowest BCUT2D eigenvalue weighted by Crippen LogP contribution is -2.32. The molecule has 1 aromatic heterocycles. The first-order chi connectivity index (χ1) is 18.2. The van der Waals surface area contributed by atoms with E-state index in [1.807, 2.05) is 73.1 Å². The van der Waals surface area contributed by atoms with E-state index >= 15 is 0 Å². The number of nitrogens with zero attached hydrogens (tertiary/aromatic N) is 3. The minimum Gasteiger partial charge on any atom is -0.493 e. The summed E-state index contributed by atoms with van der Waals surface area (Å²) in [5.41, 5.74) is 4.86. The van der Waals surface area contributed by atoms with E-state index in [9.17, 15) is 0 Å². The molecule has 2 atom stereocenters. The van der Waals surface area contributed by atoms with E-state index in [1.165, 1.54) is 0 Å². The van der Waals surface area contributed by atoms with E-state index in [-0.39, 0.29) is 6.04 Å². The summed E-state index contributed by atoms with van der Waals surface area (Å²) in [7, 11) is 1.65. The van der Waals surface area contributed by atoms with Crippen molar-refractivity contribution in [1.82, 2.24) is 14.8 Å². The zero-order valence-electron chi connectivity index (χ0n) is 21.0. The third-order valence-electron chi connectivity index (χ3n) is 6.63. The van der Waals surface area contributed by atoms with E-state index < -0.39 is 6.10 Å². The van der Waals surface area contributed by atoms with Gasteiger partial charge in [0.25, 0.3) is 0 Å². The molecule has 2 aliphatic rings. The Balaban J connectivity index is 1.60. The highest BCUT2D eigenvalue weighted by Gasteiger charge is 2.42. The second kappa shape index (κ2) is 9.54. The maximum atomic E-state index is 6.74. The van der Waals surface area contributed by atoms with Gasteiger partial charge >= 0.3 is 0 Å². The number of nitrogens with one attached hydrogen (secondary N) is 1. The average molecular weight is 497 g/mol. The van der Waals surface area contributed by atoms with Crippen LogP contribution in [0.1, 0.15) is 42.7 Å². The quantitative estimate of drug-likeness (QED) is 0.354. The maximum absolute atomic E-state index is 6.74. The summed E-state index contributed by atoms with van der Waals surface area (Å²) in [4.78, 5) is 4.52. The number of para-hydroxylation sites is 2. The molecule has 8 heteroatoms. The number of rotatable bonds is 7. The molecule has 3 heterocycles. The Labute approximate surface area is 215 Å². The number of hydrogen-bond donors (Lipinski definition) is 1. The van der Waals surface area contributed by atoms with Crippen LogP contribution >= 0.6 is 0 Å². The van der Waals surface area contributed by atoms with Crippen molar-refractivity contribution in [2.75, 3.05) is 25.6 Å². The van der Waals surface area contributed by atoms with Crippen molar-refractivity contribution in [3.8, 4) is 23.0 Å². The van der Waals surface area contributed by atoms with Gasteiger partial charge in [-0.05, 0) is 49.7 Å². The van der Waals surface area contributed by atoms with Crippen LogP contribution < -0.4 is 24.3 Å². The number of benzene rings is 3. The van der Waals surface area contributed by atoms with Crippen molar-refractivity contribution in [2.45, 2.75) is 26.0 Å². The van der Waals surface area contributed by atoms with Crippen LogP contribution in [0.15, 0.2) is 78.6 Å². The molecule has 1 N–H and O–H groups in total. The molecule has 0 fully saturated rings. The average Bonchev–Trinajstić information content (AvgIpc) is 3.41. The molecular formula is C29H28N4O4. The second-order valence-corrected chi connectivity index (χ2v) is 8.69. The Kier molecular flexibility index (Phi) is 5.92. The minimum atomic E-state index is -0.430. The number of fused-ring (bicyclic) bond motifs is 3. The fourth-order valence-corrected chi connectivity index (χ4v) is 5.11. The van der Waals surface area contributed by atoms with Crippen molar-refractivity contribution in [2.24, 2.45) is 0 Å². The van der Waals surface area contributed by atoms with Gasteiger partial charge in [0.1, 0.15) is 23.9 Å². The lowest BCUT2D eigenvalue weighted by Gasteiger charge is -2.39. The fourth-order valence-electron chi connectivity index (χ4n) is 5.11. The first kappa shape index (κ1) is 23.0. The summed E-state index contributed by atoms with van der Waals surface area (Å²) in [6, 6.07) is 21.7. The number of anilines is 1. The van der Waals surface area contributed by atoms with Crippen LogP contribution in [-0.4, -0.2) is 35.1 Å². The summed E-state index contributed by atoms with van der Waals surface area (Å²) in [6.45, 7) is 5.04. The van der Waals surface area contributed by atoms with Gasteiger partial charge in [-0.25, -0.2) is 4.68 Å². The minimum absolute atomic E-state index is 0.314. The number of ether oxygens (including phenoxy) is 4. The van der Waals surface area contributed by atoms with Crippen LogP contribution in [0, 0.1) is 0 Å². The molecule has 3 aromatic carbocycles. The Bertz CT molecular complexity index is 1480. The van der Waals surface area contributed by atoms with E-state index in [0.717, 1.165) is 39.5 Å². The van der Waals surface area contributed by atoms with Crippen LogP contribution in [0.3, 0.4) is 0 Å². The Hall–Kier alpha value is -4.46. The zero-order chi connectivity index (χ0) is 25.4. The van der Waals surface area contributed by atoms with Crippen molar-refractivity contribution >= 4 is 11.6 Å². The Morgan fingerprint density at radius 2 is 1.70 bits per heavy atom. The first-order valence-electron chi connectivity index (χ1n) is 12.4. The van der Waals surface area contributed by atoms with Crippen molar-refractivity contribution in [3.05, 3.63) is 95.3 Å². The predicted molar refractivity (Wildman–Crippen MR) is 140 cm³/mol. The molecule has 0 amide bonds. The van der Waals surface area contributed by atoms with E-state index in [0.29, 0.717) is 30.7 Å². The largest absolute Gasteiger partial charge is 0.493 e. The highest BCUT2D eigenvalue weighted by atomic mass is 16.5. The monoisotopic (exact) mass is 496 g/mol. The van der Waals surface area contributed by atoms with Crippen LogP contribution in [-0.2, 0) is 0 Å². The van der Waals surface area contributed by atoms with Gasteiger partial charge < -0.3 is 24.3 Å². The molecule has 37 heavy (non-hydrogen) atoms. The van der Waals surface area contributed by atoms with Gasteiger partial charge in [0, 0.05) is 16.7 Å². The summed E-state index contributed by atoms with van der Waals surface area (Å²) >= 11 is 0. The molecule has 0 saturated heterocycles. The van der Waals surface area contributed by atoms with Crippen LogP contribution in [0.4, 0.5) is 5.95 Å². The van der Waals surface area contributed by atoms with Crippen molar-refractivity contribution in [1.29, 1.82) is 0 Å². The molecule has 188 valence electrons. The summed E-state index contributed by atoms with van der Waals surface area (Å²) in [5, 5.41) is 8.15. The number of hydrogen-bond acceptors (Lipinski definition) is 7. The van der Waals surface area contributed by atoms with Gasteiger partial charge in [-0.2, -0.15) is 10.1 Å². The molecule has 0 unspecified atom stereocenters. The maximum Gasteiger partial charge on any atom is 0.226 e. The molecule has 8 nitrogen and oxygen atoms in total. The lowest BCUT2D eigenvalue weighted by molar-refractivity contribution is 0.215. The molecule has 0 saturated carbocycles. The van der Waals surface area contributed by atoms with Gasteiger partial charge in [0.2, 0.25) is 5.95 Å². The van der Waals surface area contributed by atoms with Crippen molar-refractivity contribution in [3.63, 3.8) is 0 Å². The first-order valence-corrected chi connectivity index (χ1v) is 12.4. The highest BCUT2D eigenvalue weighted by molar-refractivity contribution is 5.85. The molecule has 0 radical (unpaired) electrons. The van der Waals surface area contributed by atoms with Gasteiger partial charge in [-0.15, -0.1) is 0 Å². The number of aromatic nitrogens is 3. The molecule has 4 aromatic rings. The summed E-state index contributed by atoms with van der Waals surface area (Å²) in [6.07, 6.45) is 1.13. The number of methoxy groups -OCH3 is 1. The van der Waals surface area contributed by atoms with Crippen LogP contribution in [0.25, 0.3) is 5.70 Å². The fraction of sp³-hybridized carbons (Fsp3) is 0.241.